The number of aromatic nitrogens is 1. The van der Waals surface area contributed by atoms with Gasteiger partial charge in [0, 0.05) is 20.7 Å². The second kappa shape index (κ2) is 5.38. The van der Waals surface area contributed by atoms with E-state index in [0.29, 0.717) is 11.5 Å². The highest BCUT2D eigenvalue weighted by Gasteiger charge is 2.26. The molecule has 0 unspecified atom stereocenters. The van der Waals surface area contributed by atoms with Gasteiger partial charge in [-0.25, -0.2) is 9.98 Å². The van der Waals surface area contributed by atoms with Crippen LogP contribution >= 0.6 is 47.8 Å². The van der Waals surface area contributed by atoms with E-state index in [9.17, 15) is 4.79 Å². The van der Waals surface area contributed by atoms with E-state index in [2.05, 4.69) is 63.1 Å². The van der Waals surface area contributed by atoms with Crippen LogP contribution in [0, 0.1) is 0 Å². The van der Waals surface area contributed by atoms with Crippen LogP contribution in [-0.4, -0.2) is 16.6 Å². The lowest BCUT2D eigenvalue weighted by atomic mass is 10.1. The summed E-state index contributed by atoms with van der Waals surface area (Å²) < 4.78 is 2.45. The number of hydrogen-bond donors (Lipinski definition) is 1. The minimum atomic E-state index is -0.227. The molecule has 2 heterocycles. The summed E-state index contributed by atoms with van der Waals surface area (Å²) in [7, 11) is 0. The molecule has 0 bridgehead atoms. The van der Waals surface area contributed by atoms with E-state index in [4.69, 9.17) is 0 Å². The van der Waals surface area contributed by atoms with Crippen molar-refractivity contribution in [3.05, 3.63) is 49.4 Å². The third-order valence-electron chi connectivity index (χ3n) is 2.71. The van der Waals surface area contributed by atoms with Crippen LogP contribution in [0.15, 0.2) is 48.9 Å². The summed E-state index contributed by atoms with van der Waals surface area (Å²) >= 11 is 10.1. The predicted molar refractivity (Wildman–Crippen MR) is 88.6 cm³/mol. The summed E-state index contributed by atoms with van der Waals surface area (Å²) in [5.41, 5.74) is 1.88. The van der Waals surface area contributed by atoms with E-state index in [1.54, 1.807) is 6.20 Å². The van der Waals surface area contributed by atoms with E-state index in [0.717, 1.165) is 24.7 Å². The monoisotopic (exact) mass is 457 g/mol. The maximum absolute atomic E-state index is 12.0. The van der Waals surface area contributed by atoms with Crippen molar-refractivity contribution in [1.82, 2.24) is 4.98 Å². The molecule has 2 aromatic rings. The van der Waals surface area contributed by atoms with Crippen LogP contribution in [0.1, 0.15) is 5.56 Å². The van der Waals surface area contributed by atoms with Crippen LogP contribution < -0.4 is 5.32 Å². The van der Waals surface area contributed by atoms with Gasteiger partial charge in [0.25, 0.3) is 5.91 Å². The second-order valence-corrected chi connectivity index (χ2v) is 6.75. The number of aliphatic imine (C=N–C) groups is 1. The van der Waals surface area contributed by atoms with Crippen molar-refractivity contribution in [2.24, 2.45) is 4.99 Å². The lowest BCUT2D eigenvalue weighted by Gasteiger charge is -2.01. The maximum atomic E-state index is 12.0. The molecular formula is C13H6Br3N3O. The molecule has 1 N–H and O–H groups in total. The van der Waals surface area contributed by atoms with Crippen molar-refractivity contribution >= 4 is 70.9 Å². The molecule has 1 aromatic heterocycles. The van der Waals surface area contributed by atoms with Gasteiger partial charge in [-0.15, -0.1) is 0 Å². The molecular weight excluding hydrogens is 454 g/mol. The third kappa shape index (κ3) is 2.57. The largest absolute Gasteiger partial charge is 0.320 e. The molecule has 4 nitrogen and oxygen atoms in total. The topological polar surface area (TPSA) is 54.4 Å². The van der Waals surface area contributed by atoms with Gasteiger partial charge in [0.2, 0.25) is 0 Å². The summed E-state index contributed by atoms with van der Waals surface area (Å²) in [6, 6.07) is 7.40. The summed E-state index contributed by atoms with van der Waals surface area (Å²) in [5.74, 6) is 0.237. The highest BCUT2D eigenvalue weighted by Crippen LogP contribution is 2.31. The van der Waals surface area contributed by atoms with Crippen LogP contribution in [0.2, 0.25) is 0 Å². The Morgan fingerprint density at radius 2 is 1.90 bits per heavy atom. The Balaban J connectivity index is 2.13. The maximum Gasteiger partial charge on any atom is 0.275 e. The quantitative estimate of drug-likeness (QED) is 0.685. The number of benzene rings is 1. The fourth-order valence-electron chi connectivity index (χ4n) is 1.83. The van der Waals surface area contributed by atoms with Crippen LogP contribution in [0.3, 0.4) is 0 Å². The number of amides is 1. The molecule has 100 valence electrons. The Morgan fingerprint density at radius 1 is 1.10 bits per heavy atom. The summed E-state index contributed by atoms with van der Waals surface area (Å²) in [6.45, 7) is 0. The number of pyridine rings is 1. The van der Waals surface area contributed by atoms with Crippen molar-refractivity contribution in [1.29, 1.82) is 0 Å². The normalized spacial score (nSPS) is 15.3. The van der Waals surface area contributed by atoms with Crippen LogP contribution in [-0.2, 0) is 4.79 Å². The van der Waals surface area contributed by atoms with Gasteiger partial charge < -0.3 is 5.32 Å². The molecule has 0 radical (unpaired) electrons. The number of nitrogens with one attached hydrogen (secondary N) is 1. The van der Waals surface area contributed by atoms with Crippen LogP contribution in [0.5, 0.6) is 0 Å². The number of carbonyl (C=O) groups excluding carboxylic acids is 1. The summed E-state index contributed by atoms with van der Waals surface area (Å²) in [6.07, 6.45) is 1.64. The Morgan fingerprint density at radius 3 is 2.65 bits per heavy atom. The fourth-order valence-corrected chi connectivity index (χ4v) is 3.27. The Labute approximate surface area is 140 Å². The highest BCUT2D eigenvalue weighted by atomic mass is 79.9. The van der Waals surface area contributed by atoms with Gasteiger partial charge in [-0.2, -0.15) is 0 Å². The average Bonchev–Trinajstić information content (AvgIpc) is 2.69. The van der Waals surface area contributed by atoms with E-state index in [1.807, 2.05) is 24.3 Å². The van der Waals surface area contributed by atoms with Gasteiger partial charge in [0.05, 0.1) is 10.2 Å². The van der Waals surface area contributed by atoms with Crippen molar-refractivity contribution in [2.75, 3.05) is 5.32 Å². The first-order chi connectivity index (χ1) is 9.54. The predicted octanol–water partition coefficient (Wildman–Crippen LogP) is 4.44. The number of rotatable bonds is 1. The van der Waals surface area contributed by atoms with Gasteiger partial charge in [-0.05, 0) is 56.1 Å². The minimum absolute atomic E-state index is 0.227. The van der Waals surface area contributed by atoms with Gasteiger partial charge in [0.15, 0.2) is 5.82 Å². The molecule has 0 fully saturated rings. The van der Waals surface area contributed by atoms with Crippen molar-refractivity contribution in [3.8, 4) is 0 Å². The van der Waals surface area contributed by atoms with E-state index < -0.39 is 0 Å². The first kappa shape index (κ1) is 13.9. The number of nitrogens with zero attached hydrogens (tertiary/aromatic N) is 2. The molecule has 3 rings (SSSR count). The molecule has 1 amide bonds. The molecule has 1 aliphatic heterocycles. The zero-order valence-electron chi connectivity index (χ0n) is 9.82. The first-order valence-corrected chi connectivity index (χ1v) is 7.93. The van der Waals surface area contributed by atoms with Gasteiger partial charge in [-0.1, -0.05) is 15.9 Å². The van der Waals surface area contributed by atoms with Crippen molar-refractivity contribution in [2.45, 2.75) is 0 Å². The number of anilines is 1. The molecule has 0 aliphatic carbocycles. The third-order valence-corrected chi connectivity index (χ3v) is 4.22. The average molecular weight is 460 g/mol. The van der Waals surface area contributed by atoms with Crippen molar-refractivity contribution in [3.63, 3.8) is 0 Å². The number of carbonyl (C=O) groups is 1. The fraction of sp³-hybridized carbons (Fsp3) is 0. The number of fused-ring (bicyclic) bond motifs is 1. The standard InChI is InChI=1S/C13H6Br3N3O/c14-6-1-2-10-8(3-6)11(13(20)18-10)19-12-9(16)4-7(15)5-17-12/h1-5H,(H,17,18,19,20). The van der Waals surface area contributed by atoms with Crippen LogP contribution in [0.4, 0.5) is 11.5 Å². The molecule has 1 aromatic carbocycles. The molecule has 0 spiro atoms. The van der Waals surface area contributed by atoms with Gasteiger partial charge >= 0.3 is 0 Å². The van der Waals surface area contributed by atoms with Gasteiger partial charge in [-0.3, -0.25) is 4.79 Å². The van der Waals surface area contributed by atoms with E-state index in [1.165, 1.54) is 0 Å². The number of hydrogen-bond acceptors (Lipinski definition) is 3. The Bertz CT molecular complexity index is 759. The molecule has 1 aliphatic rings. The number of halogens is 3. The molecule has 0 saturated heterocycles. The smallest absolute Gasteiger partial charge is 0.275 e. The Kier molecular flexibility index (Phi) is 3.74. The zero-order valence-corrected chi connectivity index (χ0v) is 14.6. The minimum Gasteiger partial charge on any atom is -0.320 e. The molecule has 7 heteroatoms. The molecule has 0 atom stereocenters. The highest BCUT2D eigenvalue weighted by molar-refractivity contribution is 9.11. The summed E-state index contributed by atoms with van der Waals surface area (Å²) in [5, 5.41) is 2.78. The van der Waals surface area contributed by atoms with E-state index in [-0.39, 0.29) is 5.91 Å². The summed E-state index contributed by atoms with van der Waals surface area (Å²) in [4.78, 5) is 20.6. The second-order valence-electron chi connectivity index (χ2n) is 4.06. The lowest BCUT2D eigenvalue weighted by molar-refractivity contribution is -0.110. The van der Waals surface area contributed by atoms with E-state index >= 15 is 0 Å². The molecule has 20 heavy (non-hydrogen) atoms. The van der Waals surface area contributed by atoms with Crippen molar-refractivity contribution < 1.29 is 4.79 Å². The lowest BCUT2D eigenvalue weighted by Crippen LogP contribution is -2.14. The first-order valence-electron chi connectivity index (χ1n) is 5.55. The van der Waals surface area contributed by atoms with Gasteiger partial charge in [0.1, 0.15) is 5.71 Å². The SMILES string of the molecule is O=C1Nc2ccc(Br)cc2/C1=N/c1ncc(Br)cc1Br. The molecule has 0 saturated carbocycles. The Hall–Kier alpha value is -1.05. The zero-order chi connectivity index (χ0) is 14.3. The van der Waals surface area contributed by atoms with Crippen LogP contribution in [0.25, 0.3) is 0 Å².